The van der Waals surface area contributed by atoms with Gasteiger partial charge in [0.1, 0.15) is 0 Å². The SMILES string of the molecule is CC(C)NC(=O)C1CN(C(C)C)CCN1. The molecule has 0 aromatic carbocycles. The first kappa shape index (κ1) is 12.5. The third-order valence-corrected chi connectivity index (χ3v) is 2.68. The summed E-state index contributed by atoms with van der Waals surface area (Å²) in [5.74, 6) is 0.121. The van der Waals surface area contributed by atoms with Gasteiger partial charge in [-0.15, -0.1) is 0 Å². The lowest BCUT2D eigenvalue weighted by Gasteiger charge is -2.35. The van der Waals surface area contributed by atoms with E-state index >= 15 is 0 Å². The Bertz CT molecular complexity index is 216. The molecule has 4 nitrogen and oxygen atoms in total. The predicted octanol–water partition coefficient (Wildman–Crippen LogP) is 0.193. The predicted molar refractivity (Wildman–Crippen MR) is 61.8 cm³/mol. The van der Waals surface area contributed by atoms with E-state index in [2.05, 4.69) is 29.4 Å². The summed E-state index contributed by atoms with van der Waals surface area (Å²) >= 11 is 0. The van der Waals surface area contributed by atoms with Crippen LogP contribution in [0.2, 0.25) is 0 Å². The first-order valence-corrected chi connectivity index (χ1v) is 5.78. The van der Waals surface area contributed by atoms with Crippen LogP contribution in [0, 0.1) is 0 Å². The number of rotatable bonds is 3. The molecule has 4 heteroatoms. The first-order valence-electron chi connectivity index (χ1n) is 5.78. The Labute approximate surface area is 92.4 Å². The van der Waals surface area contributed by atoms with Gasteiger partial charge in [-0.25, -0.2) is 0 Å². The highest BCUT2D eigenvalue weighted by molar-refractivity contribution is 5.82. The van der Waals surface area contributed by atoms with E-state index in [1.54, 1.807) is 0 Å². The molecule has 0 saturated carbocycles. The van der Waals surface area contributed by atoms with Crippen LogP contribution < -0.4 is 10.6 Å². The molecule has 1 amide bonds. The third-order valence-electron chi connectivity index (χ3n) is 2.68. The Hall–Kier alpha value is -0.610. The molecule has 88 valence electrons. The van der Waals surface area contributed by atoms with Crippen LogP contribution in [-0.2, 0) is 4.79 Å². The van der Waals surface area contributed by atoms with Gasteiger partial charge in [-0.3, -0.25) is 9.69 Å². The minimum absolute atomic E-state index is 0.0523. The van der Waals surface area contributed by atoms with Crippen molar-refractivity contribution in [3.63, 3.8) is 0 Å². The second-order valence-electron chi connectivity index (χ2n) is 4.76. The number of carbonyl (C=O) groups excluding carboxylic acids is 1. The maximum Gasteiger partial charge on any atom is 0.238 e. The van der Waals surface area contributed by atoms with Crippen LogP contribution in [0.15, 0.2) is 0 Å². The molecule has 0 aromatic rings. The number of piperazine rings is 1. The standard InChI is InChI=1S/C11H23N3O/c1-8(2)13-11(15)10-7-14(9(3)4)6-5-12-10/h8-10,12H,5-7H2,1-4H3,(H,13,15). The minimum Gasteiger partial charge on any atom is -0.353 e. The van der Waals surface area contributed by atoms with E-state index in [9.17, 15) is 4.79 Å². The van der Waals surface area contributed by atoms with Gasteiger partial charge >= 0.3 is 0 Å². The number of nitrogens with zero attached hydrogens (tertiary/aromatic N) is 1. The Morgan fingerprint density at radius 1 is 1.40 bits per heavy atom. The molecule has 0 aliphatic carbocycles. The Morgan fingerprint density at radius 3 is 2.60 bits per heavy atom. The lowest BCUT2D eigenvalue weighted by atomic mass is 10.1. The fraction of sp³-hybridized carbons (Fsp3) is 0.909. The maximum absolute atomic E-state index is 11.8. The minimum atomic E-state index is -0.0523. The average Bonchev–Trinajstić information content (AvgIpc) is 2.17. The quantitative estimate of drug-likeness (QED) is 0.703. The van der Waals surface area contributed by atoms with E-state index in [1.807, 2.05) is 13.8 Å². The lowest BCUT2D eigenvalue weighted by Crippen LogP contribution is -2.59. The van der Waals surface area contributed by atoms with Gasteiger partial charge in [0.25, 0.3) is 0 Å². The summed E-state index contributed by atoms with van der Waals surface area (Å²) in [7, 11) is 0. The third kappa shape index (κ3) is 3.80. The van der Waals surface area contributed by atoms with Crippen LogP contribution in [0.1, 0.15) is 27.7 Å². The van der Waals surface area contributed by atoms with Crippen molar-refractivity contribution in [2.75, 3.05) is 19.6 Å². The summed E-state index contributed by atoms with van der Waals surface area (Å²) in [6.45, 7) is 11.1. The van der Waals surface area contributed by atoms with E-state index in [4.69, 9.17) is 0 Å². The molecule has 0 spiro atoms. The topological polar surface area (TPSA) is 44.4 Å². The summed E-state index contributed by atoms with van der Waals surface area (Å²) in [5.41, 5.74) is 0. The van der Waals surface area contributed by atoms with Crippen molar-refractivity contribution >= 4 is 5.91 Å². The molecule has 1 atom stereocenters. The van der Waals surface area contributed by atoms with Crippen molar-refractivity contribution < 1.29 is 4.79 Å². The van der Waals surface area contributed by atoms with Crippen molar-refractivity contribution in [1.82, 2.24) is 15.5 Å². The Kier molecular flexibility index (Phi) is 4.54. The first-order chi connectivity index (χ1) is 7.00. The van der Waals surface area contributed by atoms with Gasteiger partial charge in [0.2, 0.25) is 5.91 Å². The Balaban J connectivity index is 2.45. The van der Waals surface area contributed by atoms with E-state index < -0.39 is 0 Å². The Morgan fingerprint density at radius 2 is 2.07 bits per heavy atom. The van der Waals surface area contributed by atoms with Crippen molar-refractivity contribution in [2.24, 2.45) is 0 Å². The molecule has 0 radical (unpaired) electrons. The molecule has 1 rings (SSSR count). The van der Waals surface area contributed by atoms with Crippen LogP contribution in [0.4, 0.5) is 0 Å². The van der Waals surface area contributed by atoms with Crippen LogP contribution >= 0.6 is 0 Å². The molecule has 0 bridgehead atoms. The molecule has 1 aliphatic rings. The number of amides is 1. The van der Waals surface area contributed by atoms with Gasteiger partial charge in [-0.1, -0.05) is 0 Å². The van der Waals surface area contributed by atoms with Gasteiger partial charge in [0.05, 0.1) is 6.04 Å². The molecule has 1 aliphatic heterocycles. The largest absolute Gasteiger partial charge is 0.353 e. The van der Waals surface area contributed by atoms with Gasteiger partial charge in [0.15, 0.2) is 0 Å². The molecule has 0 aromatic heterocycles. The zero-order valence-electron chi connectivity index (χ0n) is 10.2. The highest BCUT2D eigenvalue weighted by Gasteiger charge is 2.26. The molecule has 1 heterocycles. The van der Waals surface area contributed by atoms with E-state index in [0.717, 1.165) is 19.6 Å². The highest BCUT2D eigenvalue weighted by Crippen LogP contribution is 2.04. The molecular formula is C11H23N3O. The highest BCUT2D eigenvalue weighted by atomic mass is 16.2. The van der Waals surface area contributed by atoms with Crippen molar-refractivity contribution in [3.8, 4) is 0 Å². The van der Waals surface area contributed by atoms with Crippen molar-refractivity contribution in [1.29, 1.82) is 0 Å². The van der Waals surface area contributed by atoms with Crippen LogP contribution in [0.3, 0.4) is 0 Å². The normalized spacial score (nSPS) is 23.5. The van der Waals surface area contributed by atoms with E-state index in [-0.39, 0.29) is 18.0 Å². The van der Waals surface area contributed by atoms with Crippen LogP contribution in [0.5, 0.6) is 0 Å². The molecule has 15 heavy (non-hydrogen) atoms. The van der Waals surface area contributed by atoms with E-state index in [0.29, 0.717) is 6.04 Å². The molecule has 1 saturated heterocycles. The van der Waals surface area contributed by atoms with Gasteiger partial charge in [0, 0.05) is 31.7 Å². The number of nitrogens with one attached hydrogen (secondary N) is 2. The summed E-state index contributed by atoms with van der Waals surface area (Å²) in [6.07, 6.45) is 0. The molecule has 1 unspecified atom stereocenters. The molecule has 2 N–H and O–H groups in total. The summed E-state index contributed by atoms with van der Waals surface area (Å²) in [5, 5.41) is 6.20. The van der Waals surface area contributed by atoms with Crippen molar-refractivity contribution in [3.05, 3.63) is 0 Å². The number of hydrogen-bond donors (Lipinski definition) is 2. The lowest BCUT2D eigenvalue weighted by molar-refractivity contribution is -0.124. The number of carbonyl (C=O) groups is 1. The second-order valence-corrected chi connectivity index (χ2v) is 4.76. The fourth-order valence-electron chi connectivity index (χ4n) is 1.80. The summed E-state index contributed by atoms with van der Waals surface area (Å²) in [4.78, 5) is 14.1. The van der Waals surface area contributed by atoms with Crippen LogP contribution in [-0.4, -0.2) is 48.6 Å². The summed E-state index contributed by atoms with van der Waals surface area (Å²) < 4.78 is 0. The molecular weight excluding hydrogens is 190 g/mol. The molecule has 1 fully saturated rings. The van der Waals surface area contributed by atoms with Gasteiger partial charge in [-0.2, -0.15) is 0 Å². The second kappa shape index (κ2) is 5.47. The fourth-order valence-corrected chi connectivity index (χ4v) is 1.80. The zero-order chi connectivity index (χ0) is 11.4. The smallest absolute Gasteiger partial charge is 0.238 e. The van der Waals surface area contributed by atoms with Gasteiger partial charge in [-0.05, 0) is 27.7 Å². The zero-order valence-corrected chi connectivity index (χ0v) is 10.2. The summed E-state index contributed by atoms with van der Waals surface area (Å²) in [6, 6.07) is 0.679. The van der Waals surface area contributed by atoms with Crippen LogP contribution in [0.25, 0.3) is 0 Å². The van der Waals surface area contributed by atoms with Gasteiger partial charge < -0.3 is 10.6 Å². The van der Waals surface area contributed by atoms with Crippen molar-refractivity contribution in [2.45, 2.75) is 45.8 Å². The number of hydrogen-bond acceptors (Lipinski definition) is 3. The maximum atomic E-state index is 11.8. The monoisotopic (exact) mass is 213 g/mol. The van der Waals surface area contributed by atoms with E-state index in [1.165, 1.54) is 0 Å². The average molecular weight is 213 g/mol.